The summed E-state index contributed by atoms with van der Waals surface area (Å²) >= 11 is 0. The monoisotopic (exact) mass is 899 g/mol. The predicted octanol–water partition coefficient (Wildman–Crippen LogP) is 10.3. The van der Waals surface area contributed by atoms with Gasteiger partial charge >= 0.3 is 11.9 Å². The van der Waals surface area contributed by atoms with E-state index in [1.807, 2.05) is 0 Å². The summed E-state index contributed by atoms with van der Waals surface area (Å²) in [5.41, 5.74) is 0. The van der Waals surface area contributed by atoms with E-state index >= 15 is 0 Å². The molecule has 1 aliphatic heterocycles. The lowest BCUT2D eigenvalue weighted by Gasteiger charge is -2.40. The molecular formula is C49H86O12S. The number of ether oxygens (including phenoxy) is 4. The third-order valence-corrected chi connectivity index (χ3v) is 11.6. The molecule has 360 valence electrons. The summed E-state index contributed by atoms with van der Waals surface area (Å²) in [5, 5.41) is 30.9. The van der Waals surface area contributed by atoms with E-state index in [2.05, 4.69) is 62.5 Å². The molecule has 0 bridgehead atoms. The first-order chi connectivity index (χ1) is 30.0. The first-order valence-electron chi connectivity index (χ1n) is 24.2. The van der Waals surface area contributed by atoms with Gasteiger partial charge in [0.05, 0.1) is 6.61 Å². The summed E-state index contributed by atoms with van der Waals surface area (Å²) < 4.78 is 54.1. The van der Waals surface area contributed by atoms with Crippen molar-refractivity contribution in [3.63, 3.8) is 0 Å². The number of hydrogen-bond acceptors (Lipinski definition) is 11. The number of carbonyl (C=O) groups is 2. The van der Waals surface area contributed by atoms with Crippen LogP contribution in [0.5, 0.6) is 0 Å². The topological polar surface area (TPSA) is 186 Å². The van der Waals surface area contributed by atoms with E-state index in [0.717, 1.165) is 64.2 Å². The lowest BCUT2D eigenvalue weighted by molar-refractivity contribution is -0.297. The van der Waals surface area contributed by atoms with Crippen LogP contribution in [0.3, 0.4) is 0 Å². The summed E-state index contributed by atoms with van der Waals surface area (Å²) in [7, 11) is -4.61. The Kier molecular flexibility index (Phi) is 36.3. The number of aliphatic hydroxyl groups excluding tert-OH is 3. The second-order valence-corrected chi connectivity index (χ2v) is 18.3. The summed E-state index contributed by atoms with van der Waals surface area (Å²) in [4.78, 5) is 25.5. The zero-order valence-corrected chi connectivity index (χ0v) is 39.3. The molecule has 1 aliphatic rings. The van der Waals surface area contributed by atoms with Gasteiger partial charge < -0.3 is 34.3 Å². The van der Waals surface area contributed by atoms with Crippen molar-refractivity contribution in [1.82, 2.24) is 0 Å². The van der Waals surface area contributed by atoms with Crippen molar-refractivity contribution in [3.05, 3.63) is 48.6 Å². The van der Waals surface area contributed by atoms with Crippen LogP contribution in [0.1, 0.15) is 194 Å². The molecule has 0 aromatic heterocycles. The standard InChI is InChI=1S/C49H86O12S/c1-3-5-7-9-11-13-15-17-19-21-23-25-27-29-31-33-35-37-44(50)58-39-42(40-59-49-48(54)47(53)46(52)43(61-49)41-62(55,56)57)60-45(51)38-36-34-32-30-28-26-24-22-20-18-16-14-12-10-8-6-4-2/h8,10,14,16,20,22,26,28,42-43,46-49,52-54H,3-7,9,11-13,15,17-19,21,23-25,27,29-41H2,1-2H3,(H,55,56,57)/b10-8+,16-14+,22-20+,28-26+/t42-,43-,46-,47?,48?,49+/m1/s1. The number of unbranched alkanes of at least 4 members (excludes halogenated alkanes) is 20. The van der Waals surface area contributed by atoms with Gasteiger partial charge in [0.15, 0.2) is 12.4 Å². The minimum Gasteiger partial charge on any atom is -0.462 e. The van der Waals surface area contributed by atoms with Crippen molar-refractivity contribution in [2.75, 3.05) is 19.0 Å². The normalized spacial score (nSPS) is 20.3. The smallest absolute Gasteiger partial charge is 0.306 e. The highest BCUT2D eigenvalue weighted by Gasteiger charge is 2.46. The molecule has 0 aromatic rings. The summed E-state index contributed by atoms with van der Waals surface area (Å²) in [6, 6.07) is 0. The van der Waals surface area contributed by atoms with Crippen molar-refractivity contribution in [3.8, 4) is 0 Å². The van der Waals surface area contributed by atoms with Gasteiger partial charge in [0.2, 0.25) is 0 Å². The van der Waals surface area contributed by atoms with Crippen LogP contribution in [0.25, 0.3) is 0 Å². The fourth-order valence-corrected chi connectivity index (χ4v) is 7.83. The van der Waals surface area contributed by atoms with E-state index in [1.54, 1.807) is 0 Å². The van der Waals surface area contributed by atoms with Gasteiger partial charge in [-0.05, 0) is 51.4 Å². The quantitative estimate of drug-likeness (QED) is 0.0198. The Morgan fingerprint density at radius 1 is 0.548 bits per heavy atom. The summed E-state index contributed by atoms with van der Waals surface area (Å²) in [6.45, 7) is 3.68. The molecule has 0 aliphatic carbocycles. The van der Waals surface area contributed by atoms with Crippen molar-refractivity contribution in [2.45, 2.75) is 230 Å². The van der Waals surface area contributed by atoms with Crippen LogP contribution in [0.4, 0.5) is 0 Å². The Bertz CT molecular complexity index is 1330. The predicted molar refractivity (Wildman–Crippen MR) is 247 cm³/mol. The van der Waals surface area contributed by atoms with Gasteiger partial charge in [-0.2, -0.15) is 8.42 Å². The third kappa shape index (κ3) is 33.2. The number of carbonyl (C=O) groups excluding carboxylic acids is 2. The van der Waals surface area contributed by atoms with E-state index in [1.165, 1.54) is 89.9 Å². The summed E-state index contributed by atoms with van der Waals surface area (Å²) in [5.74, 6) is -2.02. The average Bonchev–Trinajstić information content (AvgIpc) is 3.24. The maximum Gasteiger partial charge on any atom is 0.306 e. The summed E-state index contributed by atoms with van der Waals surface area (Å²) in [6.07, 6.45) is 37.2. The van der Waals surface area contributed by atoms with Crippen LogP contribution >= 0.6 is 0 Å². The highest BCUT2D eigenvalue weighted by Crippen LogP contribution is 2.24. The van der Waals surface area contributed by atoms with Crippen molar-refractivity contribution < 1.29 is 56.8 Å². The number of hydrogen-bond donors (Lipinski definition) is 4. The molecule has 13 heteroatoms. The van der Waals surface area contributed by atoms with Crippen LogP contribution < -0.4 is 0 Å². The van der Waals surface area contributed by atoms with Crippen LogP contribution in [0, 0.1) is 0 Å². The second kappa shape index (κ2) is 39.0. The third-order valence-electron chi connectivity index (χ3n) is 10.9. The van der Waals surface area contributed by atoms with Gasteiger partial charge in [0.1, 0.15) is 36.8 Å². The molecule has 0 amide bonds. The lowest BCUT2D eigenvalue weighted by Crippen LogP contribution is -2.60. The zero-order valence-electron chi connectivity index (χ0n) is 38.5. The van der Waals surface area contributed by atoms with Gasteiger partial charge in [-0.25, -0.2) is 0 Å². The number of aliphatic hydroxyl groups is 3. The molecule has 0 aromatic carbocycles. The molecule has 62 heavy (non-hydrogen) atoms. The highest BCUT2D eigenvalue weighted by atomic mass is 32.2. The molecule has 0 spiro atoms. The number of rotatable bonds is 40. The molecule has 4 N–H and O–H groups in total. The molecule has 1 fully saturated rings. The molecule has 2 unspecified atom stereocenters. The maximum atomic E-state index is 12.8. The van der Waals surface area contributed by atoms with Crippen LogP contribution in [0.2, 0.25) is 0 Å². The SMILES string of the molecule is CCC/C=C/C/C=C/C/C=C/C/C=C/CCCCCC(=O)O[C@H](COC(=O)CCCCCCCCCCCCCCCCCCC)CO[C@H]1O[C@H](CS(=O)(=O)O)[C@@H](O)C(O)C1O. The minimum atomic E-state index is -4.61. The molecule has 0 radical (unpaired) electrons. The van der Waals surface area contributed by atoms with Crippen molar-refractivity contribution >= 4 is 22.1 Å². The van der Waals surface area contributed by atoms with Crippen LogP contribution in [-0.4, -0.2) is 96.0 Å². The minimum absolute atomic E-state index is 0.127. The molecule has 1 heterocycles. The first kappa shape index (κ1) is 57.6. The fraction of sp³-hybridized carbons (Fsp3) is 0.796. The molecule has 12 nitrogen and oxygen atoms in total. The fourth-order valence-electron chi connectivity index (χ4n) is 7.14. The van der Waals surface area contributed by atoms with Crippen molar-refractivity contribution in [2.24, 2.45) is 0 Å². The van der Waals surface area contributed by atoms with E-state index in [9.17, 15) is 37.9 Å². The van der Waals surface area contributed by atoms with Gasteiger partial charge in [0.25, 0.3) is 10.1 Å². The van der Waals surface area contributed by atoms with E-state index < -0.39 is 71.2 Å². The Morgan fingerprint density at radius 2 is 1.00 bits per heavy atom. The highest BCUT2D eigenvalue weighted by molar-refractivity contribution is 7.85. The number of esters is 2. The van der Waals surface area contributed by atoms with Gasteiger partial charge in [-0.3, -0.25) is 14.1 Å². The first-order valence-corrected chi connectivity index (χ1v) is 25.8. The largest absolute Gasteiger partial charge is 0.462 e. The maximum absolute atomic E-state index is 12.8. The molecule has 1 saturated heterocycles. The molecule has 0 saturated carbocycles. The van der Waals surface area contributed by atoms with Crippen molar-refractivity contribution in [1.29, 1.82) is 0 Å². The number of allylic oxidation sites excluding steroid dienone is 8. The zero-order chi connectivity index (χ0) is 45.5. The van der Waals surface area contributed by atoms with Gasteiger partial charge in [0, 0.05) is 12.8 Å². The van der Waals surface area contributed by atoms with E-state index in [-0.39, 0.29) is 19.4 Å². The van der Waals surface area contributed by atoms with E-state index in [0.29, 0.717) is 12.8 Å². The Labute approximate surface area is 375 Å². The van der Waals surface area contributed by atoms with Crippen LogP contribution in [0.15, 0.2) is 48.6 Å². The Morgan fingerprint density at radius 3 is 1.50 bits per heavy atom. The lowest BCUT2D eigenvalue weighted by atomic mass is 10.00. The van der Waals surface area contributed by atoms with E-state index in [4.69, 9.17) is 18.9 Å². The Hall–Kier alpha value is -2.39. The molecular weight excluding hydrogens is 813 g/mol. The Balaban J connectivity index is 2.43. The molecule has 1 rings (SSSR count). The second-order valence-electron chi connectivity index (χ2n) is 16.8. The average molecular weight is 899 g/mol. The van der Waals surface area contributed by atoms with Gasteiger partial charge in [-0.1, -0.05) is 178 Å². The van der Waals surface area contributed by atoms with Gasteiger partial charge in [-0.15, -0.1) is 0 Å². The molecule has 6 atom stereocenters. The van der Waals surface area contributed by atoms with Crippen LogP contribution in [-0.2, 0) is 38.7 Å².